The van der Waals surface area contributed by atoms with E-state index < -0.39 is 10.5 Å². The van der Waals surface area contributed by atoms with Crippen LogP contribution in [0.15, 0.2) is 0 Å². The summed E-state index contributed by atoms with van der Waals surface area (Å²) in [6.45, 7) is 4.27. The van der Waals surface area contributed by atoms with E-state index in [1.165, 1.54) is 31.4 Å². The molecular formula is C12H16N2O4S2. The summed E-state index contributed by atoms with van der Waals surface area (Å²) in [5.41, 5.74) is 0. The van der Waals surface area contributed by atoms with Crippen LogP contribution in [0, 0.1) is 0 Å². The van der Waals surface area contributed by atoms with Crippen LogP contribution in [0.2, 0.25) is 0 Å². The van der Waals surface area contributed by atoms with Crippen molar-refractivity contribution in [1.29, 1.82) is 0 Å². The van der Waals surface area contributed by atoms with E-state index in [1.807, 2.05) is 0 Å². The molecule has 0 aromatic rings. The molecule has 0 aliphatic carbocycles. The zero-order chi connectivity index (χ0) is 14.9. The molecule has 0 bridgehead atoms. The molecular weight excluding hydrogens is 300 g/mol. The largest absolute Gasteiger partial charge is 0.282 e. The molecule has 0 spiro atoms. The second-order valence-corrected chi connectivity index (χ2v) is 7.21. The SMILES string of the molecule is CCN1C(=O)CC(SSC2CC(=O)N(CC)C2=O)C1=O. The van der Waals surface area contributed by atoms with Gasteiger partial charge in [0.25, 0.3) is 0 Å². The number of hydrogen-bond donors (Lipinski definition) is 0. The van der Waals surface area contributed by atoms with Gasteiger partial charge < -0.3 is 0 Å². The van der Waals surface area contributed by atoms with Crippen LogP contribution in [0.1, 0.15) is 26.7 Å². The summed E-state index contributed by atoms with van der Waals surface area (Å²) in [6, 6.07) is 0. The van der Waals surface area contributed by atoms with E-state index >= 15 is 0 Å². The van der Waals surface area contributed by atoms with E-state index in [1.54, 1.807) is 13.8 Å². The van der Waals surface area contributed by atoms with Crippen LogP contribution >= 0.6 is 21.6 Å². The Balaban J connectivity index is 1.91. The minimum atomic E-state index is -0.439. The van der Waals surface area contributed by atoms with Crippen LogP contribution in [0.25, 0.3) is 0 Å². The Morgan fingerprint density at radius 1 is 0.850 bits per heavy atom. The Kier molecular flexibility index (Phi) is 4.74. The molecule has 20 heavy (non-hydrogen) atoms. The number of hydrogen-bond acceptors (Lipinski definition) is 6. The van der Waals surface area contributed by atoms with Crippen LogP contribution in [0.5, 0.6) is 0 Å². The standard InChI is InChI=1S/C12H16N2O4S2/c1-3-13-9(15)5-7(11(13)17)19-20-8-6-10(16)14(4-2)12(8)18/h7-8H,3-6H2,1-2H3. The van der Waals surface area contributed by atoms with Crippen molar-refractivity contribution in [3.63, 3.8) is 0 Å². The first-order chi connectivity index (χ1) is 9.49. The molecule has 2 fully saturated rings. The summed E-state index contributed by atoms with van der Waals surface area (Å²) in [7, 11) is 2.47. The molecule has 2 unspecified atom stereocenters. The van der Waals surface area contributed by atoms with E-state index in [0.717, 1.165) is 0 Å². The maximum Gasteiger partial charge on any atom is 0.243 e. The molecule has 2 heterocycles. The second-order valence-electron chi connectivity index (χ2n) is 4.53. The first-order valence-corrected chi connectivity index (χ1v) is 8.77. The third-order valence-corrected chi connectivity index (χ3v) is 6.36. The quantitative estimate of drug-likeness (QED) is 0.548. The topological polar surface area (TPSA) is 74.8 Å². The highest BCUT2D eigenvalue weighted by molar-refractivity contribution is 8.77. The predicted molar refractivity (Wildman–Crippen MR) is 76.8 cm³/mol. The number of rotatable bonds is 5. The minimum absolute atomic E-state index is 0.167. The lowest BCUT2D eigenvalue weighted by molar-refractivity contribution is -0.139. The fourth-order valence-corrected chi connectivity index (χ4v) is 5.07. The lowest BCUT2D eigenvalue weighted by Gasteiger charge is -2.13. The van der Waals surface area contributed by atoms with Gasteiger partial charge in [-0.3, -0.25) is 29.0 Å². The van der Waals surface area contributed by atoms with Gasteiger partial charge in [-0.25, -0.2) is 0 Å². The van der Waals surface area contributed by atoms with Crippen molar-refractivity contribution in [2.24, 2.45) is 0 Å². The molecule has 0 saturated carbocycles. The average Bonchev–Trinajstić information content (AvgIpc) is 2.84. The Morgan fingerprint density at radius 3 is 1.45 bits per heavy atom. The van der Waals surface area contributed by atoms with Gasteiger partial charge >= 0.3 is 0 Å². The van der Waals surface area contributed by atoms with Crippen molar-refractivity contribution in [1.82, 2.24) is 9.80 Å². The summed E-state index contributed by atoms with van der Waals surface area (Å²) >= 11 is 0. The number of nitrogens with zero attached hydrogens (tertiary/aromatic N) is 2. The number of carbonyl (C=O) groups is 4. The first kappa shape index (κ1) is 15.4. The Morgan fingerprint density at radius 2 is 1.20 bits per heavy atom. The van der Waals surface area contributed by atoms with Crippen molar-refractivity contribution in [3.05, 3.63) is 0 Å². The van der Waals surface area contributed by atoms with Crippen LogP contribution in [-0.4, -0.2) is 57.0 Å². The Labute approximate surface area is 125 Å². The maximum absolute atomic E-state index is 11.9. The smallest absolute Gasteiger partial charge is 0.243 e. The molecule has 6 nitrogen and oxygen atoms in total. The van der Waals surface area contributed by atoms with Gasteiger partial charge in [0.05, 0.1) is 0 Å². The van der Waals surface area contributed by atoms with Crippen LogP contribution in [0.3, 0.4) is 0 Å². The number of carbonyl (C=O) groups excluding carboxylic acids is 4. The highest BCUT2D eigenvalue weighted by atomic mass is 33.1. The van der Waals surface area contributed by atoms with Crippen molar-refractivity contribution in [3.8, 4) is 0 Å². The van der Waals surface area contributed by atoms with Crippen LogP contribution < -0.4 is 0 Å². The van der Waals surface area contributed by atoms with Crippen molar-refractivity contribution >= 4 is 45.2 Å². The lowest BCUT2D eigenvalue weighted by Crippen LogP contribution is -2.31. The third-order valence-electron chi connectivity index (χ3n) is 3.33. The highest BCUT2D eigenvalue weighted by Gasteiger charge is 2.42. The zero-order valence-electron chi connectivity index (χ0n) is 11.3. The van der Waals surface area contributed by atoms with Crippen LogP contribution in [-0.2, 0) is 19.2 Å². The molecule has 0 radical (unpaired) electrons. The average molecular weight is 316 g/mol. The Bertz CT molecular complexity index is 426. The summed E-state index contributed by atoms with van der Waals surface area (Å²) in [5, 5.41) is -0.878. The molecule has 8 heteroatoms. The molecule has 2 rings (SSSR count). The normalized spacial score (nSPS) is 27.1. The minimum Gasteiger partial charge on any atom is -0.282 e. The number of imide groups is 2. The van der Waals surface area contributed by atoms with E-state index in [0.29, 0.717) is 13.1 Å². The molecule has 2 aliphatic heterocycles. The van der Waals surface area contributed by atoms with Crippen molar-refractivity contribution in [2.45, 2.75) is 37.2 Å². The molecule has 2 atom stereocenters. The van der Waals surface area contributed by atoms with Gasteiger partial charge in [0, 0.05) is 25.9 Å². The van der Waals surface area contributed by atoms with E-state index in [9.17, 15) is 19.2 Å². The van der Waals surface area contributed by atoms with Gasteiger partial charge in [-0.1, -0.05) is 21.6 Å². The van der Waals surface area contributed by atoms with E-state index in [-0.39, 0.29) is 36.5 Å². The summed E-state index contributed by atoms with van der Waals surface area (Å²) in [6.07, 6.45) is 0.355. The zero-order valence-corrected chi connectivity index (χ0v) is 13.0. The van der Waals surface area contributed by atoms with E-state index in [4.69, 9.17) is 0 Å². The van der Waals surface area contributed by atoms with Crippen molar-refractivity contribution < 1.29 is 19.2 Å². The summed E-state index contributed by atoms with van der Waals surface area (Å²) < 4.78 is 0. The Hall–Kier alpha value is -1.02. The fourth-order valence-electron chi connectivity index (χ4n) is 2.25. The number of likely N-dealkylation sites (tertiary alicyclic amines) is 2. The van der Waals surface area contributed by atoms with E-state index in [2.05, 4.69) is 0 Å². The summed E-state index contributed by atoms with van der Waals surface area (Å²) in [4.78, 5) is 49.5. The second kappa shape index (κ2) is 6.17. The summed E-state index contributed by atoms with van der Waals surface area (Å²) in [5.74, 6) is -0.725. The van der Waals surface area contributed by atoms with Gasteiger partial charge in [-0.05, 0) is 13.8 Å². The number of amides is 4. The predicted octanol–water partition coefficient (Wildman–Crippen LogP) is 0.663. The molecule has 0 N–H and O–H groups in total. The van der Waals surface area contributed by atoms with Crippen molar-refractivity contribution in [2.75, 3.05) is 13.1 Å². The van der Waals surface area contributed by atoms with Gasteiger partial charge in [0.2, 0.25) is 23.6 Å². The molecule has 2 aliphatic rings. The molecule has 0 aromatic carbocycles. The highest BCUT2D eigenvalue weighted by Crippen LogP contribution is 2.40. The molecule has 2 saturated heterocycles. The molecule has 0 aromatic heterocycles. The lowest BCUT2D eigenvalue weighted by atomic mass is 10.4. The monoisotopic (exact) mass is 316 g/mol. The first-order valence-electron chi connectivity index (χ1n) is 6.50. The fraction of sp³-hybridized carbons (Fsp3) is 0.667. The van der Waals surface area contributed by atoms with Crippen LogP contribution in [0.4, 0.5) is 0 Å². The van der Waals surface area contributed by atoms with Gasteiger partial charge in [-0.2, -0.15) is 0 Å². The molecule has 110 valence electrons. The maximum atomic E-state index is 11.9. The van der Waals surface area contributed by atoms with Gasteiger partial charge in [0.1, 0.15) is 10.5 Å². The molecule has 4 amide bonds. The van der Waals surface area contributed by atoms with Gasteiger partial charge in [0.15, 0.2) is 0 Å². The van der Waals surface area contributed by atoms with Gasteiger partial charge in [-0.15, -0.1) is 0 Å². The third kappa shape index (κ3) is 2.71.